The van der Waals surface area contributed by atoms with Crippen LogP contribution in [0, 0.1) is 0 Å². The molecule has 1 fully saturated rings. The fourth-order valence-corrected chi connectivity index (χ4v) is 2.82. The molecule has 4 heteroatoms. The zero-order valence-electron chi connectivity index (χ0n) is 11.0. The number of halogens is 1. The lowest BCUT2D eigenvalue weighted by atomic mass is 10.1. The van der Waals surface area contributed by atoms with E-state index in [1.165, 1.54) is 18.4 Å². The fraction of sp³-hybridized carbons (Fsp3) is 0.250. The van der Waals surface area contributed by atoms with Crippen LogP contribution in [0.1, 0.15) is 24.4 Å². The molecule has 0 bridgehead atoms. The maximum atomic E-state index is 5.94. The molecule has 0 amide bonds. The zero-order valence-corrected chi connectivity index (χ0v) is 11.7. The van der Waals surface area contributed by atoms with Crippen LogP contribution in [-0.4, -0.2) is 14.5 Å². The first-order valence-electron chi connectivity index (χ1n) is 6.84. The standard InChI is InChI=1S/C16H14ClN3/c17-9-11-2-1-3-12(8-11)16-19-14-10-18-7-6-15(14)20(16)13-4-5-13/h1-3,6-8,10,13H,4-5,9H2. The number of rotatable bonds is 3. The van der Waals surface area contributed by atoms with Crippen LogP contribution in [-0.2, 0) is 5.88 Å². The molecule has 3 aromatic rings. The molecule has 1 saturated carbocycles. The molecule has 1 aliphatic carbocycles. The van der Waals surface area contributed by atoms with Crippen LogP contribution in [0.2, 0.25) is 0 Å². The average molecular weight is 284 g/mol. The number of hydrogen-bond donors (Lipinski definition) is 0. The molecule has 3 nitrogen and oxygen atoms in total. The van der Waals surface area contributed by atoms with Crippen molar-refractivity contribution in [2.45, 2.75) is 24.8 Å². The van der Waals surface area contributed by atoms with E-state index in [1.807, 2.05) is 24.5 Å². The fourth-order valence-electron chi connectivity index (χ4n) is 2.65. The Labute approximate surface area is 122 Å². The molecule has 100 valence electrons. The van der Waals surface area contributed by atoms with E-state index in [4.69, 9.17) is 16.6 Å². The molecule has 0 atom stereocenters. The Hall–Kier alpha value is -1.87. The monoisotopic (exact) mass is 283 g/mol. The molecular formula is C16H14ClN3. The number of alkyl halides is 1. The Morgan fingerprint density at radius 2 is 2.15 bits per heavy atom. The summed E-state index contributed by atoms with van der Waals surface area (Å²) in [6.45, 7) is 0. The number of hydrogen-bond acceptors (Lipinski definition) is 2. The van der Waals surface area contributed by atoms with E-state index in [2.05, 4.69) is 27.8 Å². The Kier molecular flexibility index (Phi) is 2.74. The van der Waals surface area contributed by atoms with Crippen molar-refractivity contribution in [1.29, 1.82) is 0 Å². The minimum atomic E-state index is 0.527. The molecule has 2 aromatic heterocycles. The van der Waals surface area contributed by atoms with Crippen molar-refractivity contribution in [3.05, 3.63) is 48.3 Å². The number of aromatic nitrogens is 3. The third-order valence-electron chi connectivity index (χ3n) is 3.74. The number of benzene rings is 1. The van der Waals surface area contributed by atoms with E-state index in [1.54, 1.807) is 0 Å². The minimum absolute atomic E-state index is 0.527. The highest BCUT2D eigenvalue weighted by molar-refractivity contribution is 6.17. The smallest absolute Gasteiger partial charge is 0.141 e. The van der Waals surface area contributed by atoms with E-state index in [9.17, 15) is 0 Å². The van der Waals surface area contributed by atoms with Gasteiger partial charge in [-0.25, -0.2) is 4.98 Å². The lowest BCUT2D eigenvalue weighted by Gasteiger charge is -2.08. The number of pyridine rings is 1. The summed E-state index contributed by atoms with van der Waals surface area (Å²) >= 11 is 5.94. The van der Waals surface area contributed by atoms with Crippen LogP contribution in [0.4, 0.5) is 0 Å². The Bertz CT molecular complexity index is 774. The molecule has 0 saturated heterocycles. The minimum Gasteiger partial charge on any atom is -0.321 e. The summed E-state index contributed by atoms with van der Waals surface area (Å²) in [6.07, 6.45) is 6.14. The third kappa shape index (κ3) is 1.90. The predicted octanol–water partition coefficient (Wildman–Crippen LogP) is 4.17. The van der Waals surface area contributed by atoms with Gasteiger partial charge in [0.2, 0.25) is 0 Å². The molecule has 2 heterocycles. The van der Waals surface area contributed by atoms with Crippen molar-refractivity contribution in [3.8, 4) is 11.4 Å². The molecule has 20 heavy (non-hydrogen) atoms. The van der Waals surface area contributed by atoms with Gasteiger partial charge in [-0.2, -0.15) is 0 Å². The second kappa shape index (κ2) is 4.60. The molecule has 0 radical (unpaired) electrons. The van der Waals surface area contributed by atoms with Crippen molar-refractivity contribution < 1.29 is 0 Å². The van der Waals surface area contributed by atoms with Gasteiger partial charge in [-0.15, -0.1) is 11.6 Å². The summed E-state index contributed by atoms with van der Waals surface area (Å²) in [5, 5.41) is 0. The maximum Gasteiger partial charge on any atom is 0.141 e. The van der Waals surface area contributed by atoms with E-state index >= 15 is 0 Å². The third-order valence-corrected chi connectivity index (χ3v) is 4.05. The highest BCUT2D eigenvalue weighted by Crippen LogP contribution is 2.41. The second-order valence-electron chi connectivity index (χ2n) is 5.23. The predicted molar refractivity (Wildman–Crippen MR) is 80.8 cm³/mol. The largest absolute Gasteiger partial charge is 0.321 e. The molecule has 0 aliphatic heterocycles. The van der Waals surface area contributed by atoms with Crippen LogP contribution in [0.3, 0.4) is 0 Å². The normalized spacial score (nSPS) is 14.8. The summed E-state index contributed by atoms with van der Waals surface area (Å²) in [4.78, 5) is 8.95. The van der Waals surface area contributed by atoms with Crippen molar-refractivity contribution in [3.63, 3.8) is 0 Å². The van der Waals surface area contributed by atoms with Gasteiger partial charge in [0.15, 0.2) is 0 Å². The Morgan fingerprint density at radius 1 is 1.25 bits per heavy atom. The van der Waals surface area contributed by atoms with Gasteiger partial charge < -0.3 is 4.57 Å². The quantitative estimate of drug-likeness (QED) is 0.675. The average Bonchev–Trinajstić information content (AvgIpc) is 3.27. The first kappa shape index (κ1) is 11.9. The molecule has 0 spiro atoms. The summed E-state index contributed by atoms with van der Waals surface area (Å²) in [5.74, 6) is 1.56. The van der Waals surface area contributed by atoms with Crippen LogP contribution < -0.4 is 0 Å². The van der Waals surface area contributed by atoms with E-state index < -0.39 is 0 Å². The van der Waals surface area contributed by atoms with Gasteiger partial charge in [0, 0.05) is 23.7 Å². The second-order valence-corrected chi connectivity index (χ2v) is 5.50. The lowest BCUT2D eigenvalue weighted by Crippen LogP contribution is -1.97. The van der Waals surface area contributed by atoms with Crippen molar-refractivity contribution in [2.75, 3.05) is 0 Å². The Morgan fingerprint density at radius 3 is 2.95 bits per heavy atom. The maximum absolute atomic E-state index is 5.94. The van der Waals surface area contributed by atoms with Crippen molar-refractivity contribution in [2.24, 2.45) is 0 Å². The molecule has 0 unspecified atom stereocenters. The molecular weight excluding hydrogens is 270 g/mol. The van der Waals surface area contributed by atoms with Crippen LogP contribution >= 0.6 is 11.6 Å². The molecule has 1 aliphatic rings. The summed E-state index contributed by atoms with van der Waals surface area (Å²) in [7, 11) is 0. The van der Waals surface area contributed by atoms with Crippen LogP contribution in [0.15, 0.2) is 42.7 Å². The highest BCUT2D eigenvalue weighted by Gasteiger charge is 2.28. The van der Waals surface area contributed by atoms with Crippen LogP contribution in [0.25, 0.3) is 22.4 Å². The SMILES string of the molecule is ClCc1cccc(-c2nc3cnccc3n2C2CC2)c1. The van der Waals surface area contributed by atoms with E-state index in [0.717, 1.165) is 22.5 Å². The number of imidazole rings is 1. The number of nitrogens with zero attached hydrogens (tertiary/aromatic N) is 3. The Balaban J connectivity index is 1.96. The van der Waals surface area contributed by atoms with Gasteiger partial charge in [-0.3, -0.25) is 4.98 Å². The molecule has 4 rings (SSSR count). The number of fused-ring (bicyclic) bond motifs is 1. The highest BCUT2D eigenvalue weighted by atomic mass is 35.5. The van der Waals surface area contributed by atoms with Crippen LogP contribution in [0.5, 0.6) is 0 Å². The zero-order chi connectivity index (χ0) is 13.5. The molecule has 0 N–H and O–H groups in total. The first-order valence-corrected chi connectivity index (χ1v) is 7.37. The van der Waals surface area contributed by atoms with Crippen molar-refractivity contribution >= 4 is 22.6 Å². The summed E-state index contributed by atoms with van der Waals surface area (Å²) < 4.78 is 2.35. The van der Waals surface area contributed by atoms with Crippen molar-refractivity contribution in [1.82, 2.24) is 14.5 Å². The summed E-state index contributed by atoms with van der Waals surface area (Å²) in [5.41, 5.74) is 4.39. The summed E-state index contributed by atoms with van der Waals surface area (Å²) in [6, 6.07) is 10.9. The van der Waals surface area contributed by atoms with E-state index in [0.29, 0.717) is 11.9 Å². The topological polar surface area (TPSA) is 30.7 Å². The van der Waals surface area contributed by atoms with Gasteiger partial charge in [0.1, 0.15) is 11.3 Å². The van der Waals surface area contributed by atoms with Gasteiger partial charge in [-0.05, 0) is 30.5 Å². The first-order chi connectivity index (χ1) is 9.86. The molecule has 1 aromatic carbocycles. The van der Waals surface area contributed by atoms with Gasteiger partial charge in [-0.1, -0.05) is 18.2 Å². The van der Waals surface area contributed by atoms with Gasteiger partial charge in [0.05, 0.1) is 11.7 Å². The van der Waals surface area contributed by atoms with E-state index in [-0.39, 0.29) is 0 Å². The van der Waals surface area contributed by atoms with Gasteiger partial charge in [0.25, 0.3) is 0 Å². The lowest BCUT2D eigenvalue weighted by molar-refractivity contribution is 0.775. The van der Waals surface area contributed by atoms with Gasteiger partial charge >= 0.3 is 0 Å².